The Morgan fingerprint density at radius 2 is 1.33 bits per heavy atom. The van der Waals surface area contributed by atoms with E-state index in [0.717, 1.165) is 11.1 Å². The lowest BCUT2D eigenvalue weighted by atomic mass is 9.87. The number of amides is 1. The standard InChI is InChI=1S/C29H32N2O8/c1-17(31-28(33)26-27(39-19(3)32)24(37-6)15-16-30-26)29(34)38-18(2)25(20-7-11-22(35-4)12-8-20)21-9-13-23(36-5)14-10-21/h7-18,25H,1-6H3,(H,31,33)/t17-,18-/m0/s1. The van der Waals surface area contributed by atoms with E-state index in [-0.39, 0.29) is 23.1 Å². The fourth-order valence-electron chi connectivity index (χ4n) is 4.03. The van der Waals surface area contributed by atoms with Crippen molar-refractivity contribution in [2.45, 2.75) is 38.8 Å². The number of nitrogens with zero attached hydrogens (tertiary/aromatic N) is 1. The van der Waals surface area contributed by atoms with E-state index in [1.807, 2.05) is 48.5 Å². The summed E-state index contributed by atoms with van der Waals surface area (Å²) in [5.74, 6) is -0.943. The molecule has 206 valence electrons. The van der Waals surface area contributed by atoms with Gasteiger partial charge in [-0.3, -0.25) is 9.59 Å². The highest BCUT2D eigenvalue weighted by molar-refractivity contribution is 5.98. The lowest BCUT2D eigenvalue weighted by Crippen LogP contribution is -2.41. The maximum atomic E-state index is 13.1. The van der Waals surface area contributed by atoms with Crippen LogP contribution in [-0.2, 0) is 14.3 Å². The second-order valence-electron chi connectivity index (χ2n) is 8.65. The van der Waals surface area contributed by atoms with Gasteiger partial charge in [0, 0.05) is 25.1 Å². The Labute approximate surface area is 227 Å². The van der Waals surface area contributed by atoms with Gasteiger partial charge in [0.05, 0.1) is 21.3 Å². The predicted molar refractivity (Wildman–Crippen MR) is 142 cm³/mol. The van der Waals surface area contributed by atoms with Gasteiger partial charge in [0.1, 0.15) is 23.6 Å². The number of esters is 2. The number of carbonyl (C=O) groups is 3. The van der Waals surface area contributed by atoms with E-state index in [1.165, 1.54) is 33.2 Å². The number of ether oxygens (including phenoxy) is 5. The summed E-state index contributed by atoms with van der Waals surface area (Å²) in [7, 11) is 4.55. The second kappa shape index (κ2) is 13.3. The van der Waals surface area contributed by atoms with Crippen LogP contribution in [0.15, 0.2) is 60.8 Å². The highest BCUT2D eigenvalue weighted by Crippen LogP contribution is 2.33. The molecule has 0 radical (unpaired) electrons. The van der Waals surface area contributed by atoms with Crippen LogP contribution in [0.1, 0.15) is 48.3 Å². The molecule has 0 aliphatic heterocycles. The lowest BCUT2D eigenvalue weighted by Gasteiger charge is -2.27. The van der Waals surface area contributed by atoms with Gasteiger partial charge in [-0.15, -0.1) is 0 Å². The van der Waals surface area contributed by atoms with E-state index >= 15 is 0 Å². The van der Waals surface area contributed by atoms with E-state index in [4.69, 9.17) is 23.7 Å². The second-order valence-corrected chi connectivity index (χ2v) is 8.65. The molecular weight excluding hydrogens is 504 g/mol. The summed E-state index contributed by atoms with van der Waals surface area (Å²) in [4.78, 5) is 41.6. The van der Waals surface area contributed by atoms with Gasteiger partial charge in [0.2, 0.25) is 5.75 Å². The summed E-state index contributed by atoms with van der Waals surface area (Å²) in [6.07, 6.45) is 0.727. The Morgan fingerprint density at radius 3 is 1.79 bits per heavy atom. The average molecular weight is 537 g/mol. The quantitative estimate of drug-likeness (QED) is 0.363. The van der Waals surface area contributed by atoms with Crippen LogP contribution in [0.3, 0.4) is 0 Å². The Balaban J connectivity index is 1.80. The maximum Gasteiger partial charge on any atom is 0.328 e. The third-order valence-corrected chi connectivity index (χ3v) is 5.97. The summed E-state index contributed by atoms with van der Waals surface area (Å²) in [6.45, 7) is 4.47. The average Bonchev–Trinajstić information content (AvgIpc) is 2.93. The number of pyridine rings is 1. The van der Waals surface area contributed by atoms with Crippen LogP contribution in [0.25, 0.3) is 0 Å². The van der Waals surface area contributed by atoms with E-state index in [1.54, 1.807) is 21.1 Å². The Bertz CT molecular complexity index is 1240. The summed E-state index contributed by atoms with van der Waals surface area (Å²) in [6, 6.07) is 15.4. The normalized spacial score (nSPS) is 12.2. The topological polar surface area (TPSA) is 122 Å². The van der Waals surface area contributed by atoms with E-state index < -0.39 is 30.0 Å². The van der Waals surface area contributed by atoms with Crippen LogP contribution in [0, 0.1) is 0 Å². The number of aromatic nitrogens is 1. The third kappa shape index (κ3) is 7.25. The first kappa shape index (κ1) is 29.0. The molecular formula is C29H32N2O8. The van der Waals surface area contributed by atoms with Gasteiger partial charge in [-0.1, -0.05) is 24.3 Å². The molecule has 1 amide bonds. The maximum absolute atomic E-state index is 13.1. The molecule has 0 aliphatic rings. The van der Waals surface area contributed by atoms with Gasteiger partial charge in [-0.2, -0.15) is 0 Å². The molecule has 1 N–H and O–H groups in total. The minimum Gasteiger partial charge on any atom is -0.497 e. The van der Waals surface area contributed by atoms with Crippen molar-refractivity contribution >= 4 is 17.8 Å². The van der Waals surface area contributed by atoms with Crippen LogP contribution >= 0.6 is 0 Å². The molecule has 1 heterocycles. The van der Waals surface area contributed by atoms with Crippen molar-refractivity contribution in [1.82, 2.24) is 10.3 Å². The molecule has 0 saturated heterocycles. The van der Waals surface area contributed by atoms with Gasteiger partial charge in [0.25, 0.3) is 5.91 Å². The van der Waals surface area contributed by atoms with Crippen molar-refractivity contribution in [2.24, 2.45) is 0 Å². The minimum atomic E-state index is -1.04. The molecule has 2 atom stereocenters. The van der Waals surface area contributed by atoms with Crippen LogP contribution in [0.2, 0.25) is 0 Å². The number of rotatable bonds is 11. The van der Waals surface area contributed by atoms with Crippen molar-refractivity contribution in [1.29, 1.82) is 0 Å². The molecule has 0 fully saturated rings. The van der Waals surface area contributed by atoms with Gasteiger partial charge < -0.3 is 29.0 Å². The number of benzene rings is 2. The molecule has 2 aromatic carbocycles. The molecule has 1 aromatic heterocycles. The van der Waals surface area contributed by atoms with Crippen LogP contribution in [-0.4, -0.2) is 56.3 Å². The number of methoxy groups -OCH3 is 3. The zero-order valence-electron chi connectivity index (χ0n) is 22.7. The Hall–Kier alpha value is -4.60. The molecule has 0 bridgehead atoms. The van der Waals surface area contributed by atoms with Crippen molar-refractivity contribution in [2.75, 3.05) is 21.3 Å². The first-order chi connectivity index (χ1) is 18.7. The van der Waals surface area contributed by atoms with Gasteiger partial charge >= 0.3 is 11.9 Å². The summed E-state index contributed by atoms with van der Waals surface area (Å²) in [5.41, 5.74) is 1.61. The van der Waals surface area contributed by atoms with E-state index in [0.29, 0.717) is 11.5 Å². The van der Waals surface area contributed by atoms with E-state index in [2.05, 4.69) is 10.3 Å². The van der Waals surface area contributed by atoms with Gasteiger partial charge in [0.15, 0.2) is 11.4 Å². The fraction of sp³-hybridized carbons (Fsp3) is 0.310. The SMILES string of the molecule is COc1ccc(C(c2ccc(OC)cc2)[C@H](C)OC(=O)[C@H](C)NC(=O)c2nccc(OC)c2OC(C)=O)cc1. The number of carbonyl (C=O) groups excluding carboxylic acids is 3. The summed E-state index contributed by atoms with van der Waals surface area (Å²) < 4.78 is 26.7. The molecule has 39 heavy (non-hydrogen) atoms. The largest absolute Gasteiger partial charge is 0.497 e. The van der Waals surface area contributed by atoms with Crippen molar-refractivity contribution < 1.29 is 38.1 Å². The number of hydrogen-bond donors (Lipinski definition) is 1. The lowest BCUT2D eigenvalue weighted by molar-refractivity contribution is -0.150. The Morgan fingerprint density at radius 1 is 0.795 bits per heavy atom. The molecule has 10 heteroatoms. The Kier molecular flexibility index (Phi) is 9.86. The first-order valence-electron chi connectivity index (χ1n) is 12.2. The molecule has 0 unspecified atom stereocenters. The first-order valence-corrected chi connectivity index (χ1v) is 12.2. The third-order valence-electron chi connectivity index (χ3n) is 5.97. The number of nitrogens with one attached hydrogen (secondary N) is 1. The zero-order chi connectivity index (χ0) is 28.5. The van der Waals surface area contributed by atoms with Crippen LogP contribution in [0.4, 0.5) is 0 Å². The van der Waals surface area contributed by atoms with Crippen molar-refractivity contribution in [3.8, 4) is 23.0 Å². The summed E-state index contributed by atoms with van der Waals surface area (Å²) in [5, 5.41) is 2.56. The zero-order valence-corrected chi connectivity index (χ0v) is 22.7. The molecule has 0 aliphatic carbocycles. The summed E-state index contributed by atoms with van der Waals surface area (Å²) >= 11 is 0. The van der Waals surface area contributed by atoms with Crippen LogP contribution < -0.4 is 24.3 Å². The van der Waals surface area contributed by atoms with Gasteiger partial charge in [-0.25, -0.2) is 9.78 Å². The molecule has 0 saturated carbocycles. The fourth-order valence-corrected chi connectivity index (χ4v) is 4.03. The smallest absolute Gasteiger partial charge is 0.328 e. The monoisotopic (exact) mass is 536 g/mol. The van der Waals surface area contributed by atoms with Crippen LogP contribution in [0.5, 0.6) is 23.0 Å². The van der Waals surface area contributed by atoms with Crippen molar-refractivity contribution in [3.05, 3.63) is 77.6 Å². The minimum absolute atomic E-state index is 0.141. The van der Waals surface area contributed by atoms with Gasteiger partial charge in [-0.05, 0) is 49.2 Å². The highest BCUT2D eigenvalue weighted by Gasteiger charge is 2.29. The van der Waals surface area contributed by atoms with Crippen molar-refractivity contribution in [3.63, 3.8) is 0 Å². The molecule has 3 aromatic rings. The molecule has 10 nitrogen and oxygen atoms in total. The number of hydrogen-bond acceptors (Lipinski definition) is 9. The molecule has 0 spiro atoms. The highest BCUT2D eigenvalue weighted by atomic mass is 16.6. The predicted octanol–water partition coefficient (Wildman–Crippen LogP) is 3.91. The van der Waals surface area contributed by atoms with E-state index in [9.17, 15) is 14.4 Å². The molecule has 3 rings (SSSR count).